The third-order valence-corrected chi connectivity index (χ3v) is 4.03. The third kappa shape index (κ3) is 4.07. The molecule has 0 aliphatic heterocycles. The molecule has 128 valence electrons. The molecule has 2 aromatic carbocycles. The molecule has 0 saturated carbocycles. The summed E-state index contributed by atoms with van der Waals surface area (Å²) in [6, 6.07) is 15.7. The Bertz CT molecular complexity index is 895. The fourth-order valence-electron chi connectivity index (χ4n) is 2.64. The second kappa shape index (κ2) is 7.66. The Kier molecular flexibility index (Phi) is 5.14. The van der Waals surface area contributed by atoms with E-state index in [-0.39, 0.29) is 12.5 Å². The summed E-state index contributed by atoms with van der Waals surface area (Å²) < 4.78 is 5.46. The van der Waals surface area contributed by atoms with Crippen molar-refractivity contribution in [3.05, 3.63) is 65.4 Å². The van der Waals surface area contributed by atoms with Crippen LogP contribution in [0.3, 0.4) is 0 Å². The second-order valence-corrected chi connectivity index (χ2v) is 5.79. The van der Waals surface area contributed by atoms with Crippen LogP contribution in [-0.4, -0.2) is 23.7 Å². The SMILES string of the molecule is CCc1ccc(OCC(=O)N/N=C/c2c(C)[nH]c3ccccc23)cc1. The zero-order valence-electron chi connectivity index (χ0n) is 14.4. The number of hydrogen-bond acceptors (Lipinski definition) is 3. The number of benzene rings is 2. The number of rotatable bonds is 6. The number of fused-ring (bicyclic) bond motifs is 1. The second-order valence-electron chi connectivity index (χ2n) is 5.79. The van der Waals surface area contributed by atoms with E-state index in [9.17, 15) is 4.79 Å². The number of aromatic nitrogens is 1. The van der Waals surface area contributed by atoms with Gasteiger partial charge in [-0.15, -0.1) is 0 Å². The first-order chi connectivity index (χ1) is 12.2. The molecule has 3 rings (SSSR count). The summed E-state index contributed by atoms with van der Waals surface area (Å²) in [4.78, 5) is 15.2. The number of carbonyl (C=O) groups excluding carboxylic acids is 1. The molecule has 0 bridgehead atoms. The molecule has 5 nitrogen and oxygen atoms in total. The highest BCUT2D eigenvalue weighted by Gasteiger charge is 2.06. The zero-order chi connectivity index (χ0) is 17.6. The van der Waals surface area contributed by atoms with Crippen LogP contribution in [0.4, 0.5) is 0 Å². The van der Waals surface area contributed by atoms with E-state index in [4.69, 9.17) is 4.74 Å². The number of amides is 1. The van der Waals surface area contributed by atoms with Gasteiger partial charge >= 0.3 is 0 Å². The minimum absolute atomic E-state index is 0.0737. The van der Waals surface area contributed by atoms with Crippen LogP contribution in [-0.2, 0) is 11.2 Å². The van der Waals surface area contributed by atoms with Crippen LogP contribution in [0.25, 0.3) is 10.9 Å². The van der Waals surface area contributed by atoms with Gasteiger partial charge in [-0.3, -0.25) is 4.79 Å². The number of para-hydroxylation sites is 1. The predicted molar refractivity (Wildman–Crippen MR) is 100 cm³/mol. The Morgan fingerprint density at radius 3 is 2.72 bits per heavy atom. The number of hydrazone groups is 1. The van der Waals surface area contributed by atoms with Crippen molar-refractivity contribution < 1.29 is 9.53 Å². The summed E-state index contributed by atoms with van der Waals surface area (Å²) in [5.41, 5.74) is 6.75. The van der Waals surface area contributed by atoms with Crippen molar-refractivity contribution in [2.45, 2.75) is 20.3 Å². The lowest BCUT2D eigenvalue weighted by Gasteiger charge is -2.05. The molecule has 2 N–H and O–H groups in total. The molecule has 1 amide bonds. The molecule has 0 fully saturated rings. The van der Waals surface area contributed by atoms with Gasteiger partial charge in [0.1, 0.15) is 5.75 Å². The number of aromatic amines is 1. The molecule has 0 saturated heterocycles. The molecule has 0 aliphatic rings. The topological polar surface area (TPSA) is 66.5 Å². The molecule has 1 aromatic heterocycles. The molecular formula is C20H21N3O2. The first-order valence-electron chi connectivity index (χ1n) is 8.28. The summed E-state index contributed by atoms with van der Waals surface area (Å²) in [6.45, 7) is 4.00. The van der Waals surface area contributed by atoms with Crippen molar-refractivity contribution in [2.24, 2.45) is 5.10 Å². The van der Waals surface area contributed by atoms with Crippen LogP contribution in [0.5, 0.6) is 5.75 Å². The van der Waals surface area contributed by atoms with E-state index < -0.39 is 0 Å². The lowest BCUT2D eigenvalue weighted by Crippen LogP contribution is -2.24. The number of hydrogen-bond donors (Lipinski definition) is 2. The Hall–Kier alpha value is -3.08. The van der Waals surface area contributed by atoms with Gasteiger partial charge in [0.25, 0.3) is 5.91 Å². The number of ether oxygens (including phenoxy) is 1. The standard InChI is InChI=1S/C20H21N3O2/c1-3-15-8-10-16(11-9-15)25-13-20(24)23-21-12-18-14(2)22-19-7-5-4-6-17(18)19/h4-12,22H,3,13H2,1-2H3,(H,23,24)/b21-12+. The monoisotopic (exact) mass is 335 g/mol. The minimum atomic E-state index is -0.298. The van der Waals surface area contributed by atoms with E-state index in [1.807, 2.05) is 55.5 Å². The summed E-state index contributed by atoms with van der Waals surface area (Å²) in [6.07, 6.45) is 2.63. The van der Waals surface area contributed by atoms with Crippen LogP contribution in [0.15, 0.2) is 53.6 Å². The van der Waals surface area contributed by atoms with Crippen LogP contribution < -0.4 is 10.2 Å². The van der Waals surface area contributed by atoms with E-state index in [0.717, 1.165) is 28.6 Å². The fraction of sp³-hybridized carbons (Fsp3) is 0.200. The van der Waals surface area contributed by atoms with Gasteiger partial charge in [0.2, 0.25) is 0 Å². The maximum Gasteiger partial charge on any atom is 0.277 e. The first kappa shape index (κ1) is 16.8. The van der Waals surface area contributed by atoms with Crippen molar-refractivity contribution in [2.75, 3.05) is 6.61 Å². The highest BCUT2D eigenvalue weighted by molar-refractivity contribution is 6.00. The van der Waals surface area contributed by atoms with Crippen molar-refractivity contribution in [1.82, 2.24) is 10.4 Å². The van der Waals surface area contributed by atoms with Crippen molar-refractivity contribution in [1.29, 1.82) is 0 Å². The average molecular weight is 335 g/mol. The van der Waals surface area contributed by atoms with Gasteiger partial charge in [-0.05, 0) is 37.1 Å². The van der Waals surface area contributed by atoms with Crippen LogP contribution in [0.1, 0.15) is 23.7 Å². The van der Waals surface area contributed by atoms with Gasteiger partial charge in [0.15, 0.2) is 6.61 Å². The van der Waals surface area contributed by atoms with Gasteiger partial charge in [-0.1, -0.05) is 37.3 Å². The molecule has 0 unspecified atom stereocenters. The van der Waals surface area contributed by atoms with Gasteiger partial charge in [-0.2, -0.15) is 5.10 Å². The molecule has 0 aliphatic carbocycles. The smallest absolute Gasteiger partial charge is 0.277 e. The molecule has 0 radical (unpaired) electrons. The van der Waals surface area contributed by atoms with Crippen molar-refractivity contribution >= 4 is 23.0 Å². The average Bonchev–Trinajstić information content (AvgIpc) is 2.96. The number of H-pyrrole nitrogens is 1. The highest BCUT2D eigenvalue weighted by Crippen LogP contribution is 2.19. The number of carbonyl (C=O) groups is 1. The van der Waals surface area contributed by atoms with E-state index in [1.54, 1.807) is 6.21 Å². The molecular weight excluding hydrogens is 314 g/mol. The maximum absolute atomic E-state index is 11.9. The molecule has 5 heteroatoms. The molecule has 0 spiro atoms. The third-order valence-electron chi connectivity index (χ3n) is 4.03. The predicted octanol–water partition coefficient (Wildman–Crippen LogP) is 3.57. The number of aryl methyl sites for hydroxylation is 2. The molecule has 3 aromatic rings. The highest BCUT2D eigenvalue weighted by atomic mass is 16.5. The number of nitrogens with zero attached hydrogens (tertiary/aromatic N) is 1. The van der Waals surface area contributed by atoms with E-state index >= 15 is 0 Å². The van der Waals surface area contributed by atoms with Crippen LogP contribution in [0, 0.1) is 6.92 Å². The van der Waals surface area contributed by atoms with Gasteiger partial charge in [-0.25, -0.2) is 5.43 Å². The van der Waals surface area contributed by atoms with Crippen molar-refractivity contribution in [3.8, 4) is 5.75 Å². The van der Waals surface area contributed by atoms with Crippen LogP contribution >= 0.6 is 0 Å². The van der Waals surface area contributed by atoms with Gasteiger partial charge in [0, 0.05) is 22.2 Å². The Morgan fingerprint density at radius 1 is 1.20 bits per heavy atom. The largest absolute Gasteiger partial charge is 0.484 e. The summed E-state index contributed by atoms with van der Waals surface area (Å²) in [7, 11) is 0. The van der Waals surface area contributed by atoms with Gasteiger partial charge in [0.05, 0.1) is 6.21 Å². The van der Waals surface area contributed by atoms with E-state index in [0.29, 0.717) is 5.75 Å². The quantitative estimate of drug-likeness (QED) is 0.534. The Labute approximate surface area is 146 Å². The molecule has 1 heterocycles. The fourth-order valence-corrected chi connectivity index (χ4v) is 2.64. The van der Waals surface area contributed by atoms with Crippen LogP contribution in [0.2, 0.25) is 0 Å². The summed E-state index contributed by atoms with van der Waals surface area (Å²) in [5.74, 6) is 0.372. The van der Waals surface area contributed by atoms with Gasteiger partial charge < -0.3 is 9.72 Å². The normalized spacial score (nSPS) is 11.1. The molecule has 25 heavy (non-hydrogen) atoms. The summed E-state index contributed by atoms with van der Waals surface area (Å²) >= 11 is 0. The van der Waals surface area contributed by atoms with E-state index in [2.05, 4.69) is 22.4 Å². The van der Waals surface area contributed by atoms with Crippen molar-refractivity contribution in [3.63, 3.8) is 0 Å². The zero-order valence-corrected chi connectivity index (χ0v) is 14.4. The number of nitrogens with one attached hydrogen (secondary N) is 2. The first-order valence-corrected chi connectivity index (χ1v) is 8.28. The molecule has 0 atom stereocenters. The summed E-state index contributed by atoms with van der Waals surface area (Å²) in [5, 5.41) is 5.11. The Balaban J connectivity index is 1.56. The lowest BCUT2D eigenvalue weighted by molar-refractivity contribution is -0.123. The van der Waals surface area contributed by atoms with E-state index in [1.165, 1.54) is 5.56 Å². The Morgan fingerprint density at radius 2 is 1.96 bits per heavy atom. The lowest BCUT2D eigenvalue weighted by atomic mass is 10.1. The minimum Gasteiger partial charge on any atom is -0.484 e. The maximum atomic E-state index is 11.9.